The molecule has 2 rings (SSSR count). The molecule has 1 heterocycles. The van der Waals surface area contributed by atoms with Crippen LogP contribution < -0.4 is 14.2 Å². The van der Waals surface area contributed by atoms with E-state index in [-0.39, 0.29) is 24.0 Å². The van der Waals surface area contributed by atoms with Crippen LogP contribution in [0, 0.1) is 5.92 Å². The molecule has 9 heteroatoms. The number of aliphatic hydroxyl groups excluding tert-OH is 1. The van der Waals surface area contributed by atoms with Crippen LogP contribution in [-0.4, -0.2) is 106 Å². The fourth-order valence-corrected chi connectivity index (χ4v) is 4.03. The van der Waals surface area contributed by atoms with E-state index in [9.17, 15) is 9.90 Å². The van der Waals surface area contributed by atoms with Gasteiger partial charge in [-0.1, -0.05) is 13.8 Å². The maximum absolute atomic E-state index is 13.5. The maximum Gasteiger partial charge on any atom is 0.254 e. The minimum Gasteiger partial charge on any atom is -0.493 e. The Hall–Kier alpha value is -2.07. The number of hydrogen-bond acceptors (Lipinski definition) is 8. The molecule has 1 amide bonds. The monoisotopic (exact) mass is 482 g/mol. The highest BCUT2D eigenvalue weighted by Gasteiger charge is 2.28. The molecule has 0 unspecified atom stereocenters. The molecular weight excluding hydrogens is 440 g/mol. The van der Waals surface area contributed by atoms with E-state index in [1.165, 1.54) is 21.3 Å². The zero-order valence-corrected chi connectivity index (χ0v) is 21.7. The first-order chi connectivity index (χ1) is 16.2. The van der Waals surface area contributed by atoms with Crippen molar-refractivity contribution in [1.29, 1.82) is 0 Å². The molecule has 34 heavy (non-hydrogen) atoms. The van der Waals surface area contributed by atoms with E-state index in [2.05, 4.69) is 18.7 Å². The Kier molecular flexibility index (Phi) is 11.4. The van der Waals surface area contributed by atoms with Gasteiger partial charge in [0.2, 0.25) is 5.75 Å². The van der Waals surface area contributed by atoms with Crippen molar-refractivity contribution in [1.82, 2.24) is 9.80 Å². The molecule has 1 fully saturated rings. The van der Waals surface area contributed by atoms with E-state index in [0.717, 1.165) is 6.54 Å². The number of amides is 1. The van der Waals surface area contributed by atoms with Gasteiger partial charge in [-0.05, 0) is 31.9 Å². The third-order valence-electron chi connectivity index (χ3n) is 5.52. The lowest BCUT2D eigenvalue weighted by atomic mass is 10.1. The van der Waals surface area contributed by atoms with E-state index < -0.39 is 6.10 Å². The van der Waals surface area contributed by atoms with Crippen molar-refractivity contribution >= 4 is 5.91 Å². The van der Waals surface area contributed by atoms with E-state index in [1.807, 2.05) is 18.7 Å². The highest BCUT2D eigenvalue weighted by molar-refractivity contribution is 5.95. The molecular formula is C25H42N2O7. The Morgan fingerprint density at radius 2 is 1.79 bits per heavy atom. The number of aliphatic hydroxyl groups is 1. The van der Waals surface area contributed by atoms with Crippen molar-refractivity contribution in [3.8, 4) is 17.2 Å². The van der Waals surface area contributed by atoms with Gasteiger partial charge in [0.05, 0.1) is 52.9 Å². The molecule has 0 aromatic heterocycles. The van der Waals surface area contributed by atoms with Crippen LogP contribution >= 0.6 is 0 Å². The Morgan fingerprint density at radius 3 is 2.32 bits per heavy atom. The lowest BCUT2D eigenvalue weighted by Gasteiger charge is -2.37. The molecule has 1 aliphatic heterocycles. The lowest BCUT2D eigenvalue weighted by Crippen LogP contribution is -2.51. The smallest absolute Gasteiger partial charge is 0.254 e. The lowest BCUT2D eigenvalue weighted by molar-refractivity contribution is -0.0631. The summed E-state index contributed by atoms with van der Waals surface area (Å²) < 4.78 is 27.8. The first-order valence-electron chi connectivity index (χ1n) is 11.9. The summed E-state index contributed by atoms with van der Waals surface area (Å²) >= 11 is 0. The molecule has 194 valence electrons. The van der Waals surface area contributed by atoms with Gasteiger partial charge in [-0.15, -0.1) is 0 Å². The summed E-state index contributed by atoms with van der Waals surface area (Å²) in [5.74, 6) is 1.47. The number of benzene rings is 1. The summed E-state index contributed by atoms with van der Waals surface area (Å²) in [5, 5.41) is 10.3. The first kappa shape index (κ1) is 28.2. The summed E-state index contributed by atoms with van der Waals surface area (Å²) in [6, 6.07) is 3.35. The minimum atomic E-state index is -0.561. The number of ether oxygens (including phenoxy) is 5. The van der Waals surface area contributed by atoms with Crippen molar-refractivity contribution in [2.24, 2.45) is 5.92 Å². The van der Waals surface area contributed by atoms with Gasteiger partial charge < -0.3 is 33.7 Å². The molecule has 0 saturated carbocycles. The molecule has 1 aliphatic rings. The van der Waals surface area contributed by atoms with Gasteiger partial charge >= 0.3 is 0 Å². The van der Waals surface area contributed by atoms with Gasteiger partial charge in [-0.2, -0.15) is 0 Å². The van der Waals surface area contributed by atoms with Crippen LogP contribution in [0.25, 0.3) is 0 Å². The second kappa shape index (κ2) is 13.7. The Bertz CT molecular complexity index is 747. The van der Waals surface area contributed by atoms with Crippen molar-refractivity contribution in [3.05, 3.63) is 17.7 Å². The second-order valence-corrected chi connectivity index (χ2v) is 9.31. The average molecular weight is 483 g/mol. The predicted molar refractivity (Wildman–Crippen MR) is 130 cm³/mol. The van der Waals surface area contributed by atoms with E-state index in [4.69, 9.17) is 23.7 Å². The number of nitrogens with zero attached hydrogens (tertiary/aromatic N) is 2. The summed E-state index contributed by atoms with van der Waals surface area (Å²) in [5.41, 5.74) is 0.462. The number of morpholine rings is 1. The SMILES string of the molecule is COc1cc(C(=O)N(CC(C)C)C[C@@H]2CN(C[C@@H](O)COC(C)C)CCO2)cc(OC)c1OC. The third kappa shape index (κ3) is 8.30. The van der Waals surface area contributed by atoms with E-state index in [0.29, 0.717) is 62.2 Å². The fourth-order valence-electron chi connectivity index (χ4n) is 4.03. The molecule has 0 bridgehead atoms. The van der Waals surface area contributed by atoms with Gasteiger partial charge in [0.25, 0.3) is 5.91 Å². The standard InChI is InChI=1S/C25H42N2O7/c1-17(2)12-27(25(29)19-10-22(30-5)24(32-7)23(11-19)31-6)15-21-14-26(8-9-33-21)13-20(28)16-34-18(3)4/h10-11,17-18,20-21,28H,8-9,12-16H2,1-7H3/t20-,21+/m1/s1. The van der Waals surface area contributed by atoms with Crippen molar-refractivity contribution < 1.29 is 33.6 Å². The van der Waals surface area contributed by atoms with E-state index >= 15 is 0 Å². The Labute approximate surface area is 203 Å². The minimum absolute atomic E-state index is 0.0814. The summed E-state index contributed by atoms with van der Waals surface area (Å²) in [7, 11) is 4.59. The van der Waals surface area contributed by atoms with Crippen molar-refractivity contribution in [2.75, 3.05) is 67.3 Å². The van der Waals surface area contributed by atoms with Crippen LogP contribution in [0.5, 0.6) is 17.2 Å². The first-order valence-corrected chi connectivity index (χ1v) is 11.9. The Morgan fingerprint density at radius 1 is 1.15 bits per heavy atom. The number of hydrogen-bond donors (Lipinski definition) is 1. The predicted octanol–water partition coefficient (Wildman–Crippen LogP) is 2.30. The molecule has 1 saturated heterocycles. The van der Waals surface area contributed by atoms with Crippen molar-refractivity contribution in [2.45, 2.75) is 46.0 Å². The molecule has 0 spiro atoms. The molecule has 0 aliphatic carbocycles. The summed E-state index contributed by atoms with van der Waals surface area (Å²) in [6.45, 7) is 11.8. The van der Waals surface area contributed by atoms with Crippen LogP contribution in [0.1, 0.15) is 38.1 Å². The average Bonchev–Trinajstić information content (AvgIpc) is 2.80. The molecule has 1 N–H and O–H groups in total. The summed E-state index contributed by atoms with van der Waals surface area (Å²) in [6.07, 6.45) is -0.636. The second-order valence-electron chi connectivity index (χ2n) is 9.31. The number of rotatable bonds is 13. The van der Waals surface area contributed by atoms with E-state index in [1.54, 1.807) is 12.1 Å². The quantitative estimate of drug-likeness (QED) is 0.458. The topological polar surface area (TPSA) is 89.9 Å². The van der Waals surface area contributed by atoms with Crippen molar-refractivity contribution in [3.63, 3.8) is 0 Å². The number of β-amino-alcohol motifs (C(OH)–C–C–N with tert-alkyl or cyclic N) is 1. The van der Waals surface area contributed by atoms with Crippen LogP contribution in [0.4, 0.5) is 0 Å². The normalized spacial score (nSPS) is 17.6. The van der Waals surface area contributed by atoms with Crippen LogP contribution in [0.3, 0.4) is 0 Å². The van der Waals surface area contributed by atoms with Crippen LogP contribution in [0.15, 0.2) is 12.1 Å². The van der Waals surface area contributed by atoms with Gasteiger partial charge in [-0.3, -0.25) is 9.69 Å². The molecule has 9 nitrogen and oxygen atoms in total. The highest BCUT2D eigenvalue weighted by Crippen LogP contribution is 2.38. The zero-order chi connectivity index (χ0) is 25.3. The molecule has 0 radical (unpaired) electrons. The maximum atomic E-state index is 13.5. The zero-order valence-electron chi connectivity index (χ0n) is 21.7. The fraction of sp³-hybridized carbons (Fsp3) is 0.720. The number of methoxy groups -OCH3 is 3. The largest absolute Gasteiger partial charge is 0.493 e. The summed E-state index contributed by atoms with van der Waals surface area (Å²) in [4.78, 5) is 17.5. The number of carbonyl (C=O) groups excluding carboxylic acids is 1. The van der Waals surface area contributed by atoms with Crippen LogP contribution in [0.2, 0.25) is 0 Å². The third-order valence-corrected chi connectivity index (χ3v) is 5.52. The van der Waals surface area contributed by atoms with Gasteiger partial charge in [0, 0.05) is 38.3 Å². The van der Waals surface area contributed by atoms with Gasteiger partial charge in [0.15, 0.2) is 11.5 Å². The van der Waals surface area contributed by atoms with Crippen LogP contribution in [-0.2, 0) is 9.47 Å². The molecule has 1 aromatic carbocycles. The number of carbonyl (C=O) groups is 1. The van der Waals surface area contributed by atoms with Gasteiger partial charge in [0.1, 0.15) is 0 Å². The molecule has 1 aromatic rings. The van der Waals surface area contributed by atoms with Gasteiger partial charge in [-0.25, -0.2) is 0 Å². The molecule has 2 atom stereocenters. The Balaban J connectivity index is 2.13. The highest BCUT2D eigenvalue weighted by atomic mass is 16.5.